The number of hydrogen-bond acceptors (Lipinski definition) is 8. The number of rotatable bonds is 4. The third kappa shape index (κ3) is 3.16. The number of fused-ring (bicyclic) bond motifs is 3. The smallest absolute Gasteiger partial charge is 0.372 e. The molecule has 0 unspecified atom stereocenters. The molecule has 8 nitrogen and oxygen atoms in total. The first kappa shape index (κ1) is 18.9. The van der Waals surface area contributed by atoms with Crippen LogP contribution in [0.5, 0.6) is 0 Å². The first-order chi connectivity index (χ1) is 12.7. The zero-order valence-electron chi connectivity index (χ0n) is 15.0. The minimum atomic E-state index is -1.24. The Kier molecular flexibility index (Phi) is 4.69. The fourth-order valence-corrected chi connectivity index (χ4v) is 3.45. The number of carbonyl (C=O) groups excluding carboxylic acids is 3. The monoisotopic (exact) mass is 376 g/mol. The van der Waals surface area contributed by atoms with Crippen LogP contribution in [0, 0.1) is 5.92 Å². The van der Waals surface area contributed by atoms with Crippen molar-refractivity contribution in [1.29, 1.82) is 0 Å². The quantitative estimate of drug-likeness (QED) is 0.434. The van der Waals surface area contributed by atoms with Crippen LogP contribution in [0.3, 0.4) is 0 Å². The molecule has 2 bridgehead atoms. The van der Waals surface area contributed by atoms with Crippen molar-refractivity contribution in [3.8, 4) is 0 Å². The first-order valence-corrected chi connectivity index (χ1v) is 8.31. The molecule has 0 saturated carbocycles. The van der Waals surface area contributed by atoms with E-state index in [1.54, 1.807) is 6.92 Å². The maximum atomic E-state index is 12.4. The molecule has 1 saturated heterocycles. The summed E-state index contributed by atoms with van der Waals surface area (Å²) >= 11 is 0. The number of hydrogen-bond donors (Lipinski definition) is 1. The highest BCUT2D eigenvalue weighted by Crippen LogP contribution is 2.43. The highest BCUT2D eigenvalue weighted by Gasteiger charge is 2.52. The average Bonchev–Trinajstić information content (AvgIpc) is 3.07. The summed E-state index contributed by atoms with van der Waals surface area (Å²) in [6.07, 6.45) is 1.16. The van der Waals surface area contributed by atoms with Crippen LogP contribution in [0.25, 0.3) is 0 Å². The second-order valence-electron chi connectivity index (χ2n) is 6.75. The third-order valence-electron chi connectivity index (χ3n) is 4.93. The molecule has 0 aromatic carbocycles. The Hall–Kier alpha value is -2.87. The van der Waals surface area contributed by atoms with Gasteiger partial charge in [-0.25, -0.2) is 9.59 Å². The Bertz CT molecular complexity index is 805. The Morgan fingerprint density at radius 2 is 2.15 bits per heavy atom. The lowest BCUT2D eigenvalue weighted by Gasteiger charge is -2.29. The van der Waals surface area contributed by atoms with Gasteiger partial charge in [-0.05, 0) is 19.6 Å². The Morgan fingerprint density at radius 1 is 1.44 bits per heavy atom. The van der Waals surface area contributed by atoms with Gasteiger partial charge >= 0.3 is 11.9 Å². The molecule has 0 amide bonds. The lowest BCUT2D eigenvalue weighted by atomic mass is 9.83. The fourth-order valence-electron chi connectivity index (χ4n) is 3.45. The number of ketones is 1. The highest BCUT2D eigenvalue weighted by molar-refractivity contribution is 6.00. The van der Waals surface area contributed by atoms with E-state index < -0.39 is 42.3 Å². The molecule has 144 valence electrons. The topological polar surface area (TPSA) is 108 Å². The highest BCUT2D eigenvalue weighted by atomic mass is 16.6. The van der Waals surface area contributed by atoms with Gasteiger partial charge in [0, 0.05) is 23.6 Å². The molecule has 3 heterocycles. The summed E-state index contributed by atoms with van der Waals surface area (Å²) in [5.74, 6) is -2.46. The van der Waals surface area contributed by atoms with Crippen LogP contribution >= 0.6 is 0 Å². The van der Waals surface area contributed by atoms with Crippen LogP contribution in [0.4, 0.5) is 0 Å². The second-order valence-corrected chi connectivity index (χ2v) is 6.75. The number of aliphatic hydroxyl groups excluding tert-OH is 1. The molecule has 1 fully saturated rings. The van der Waals surface area contributed by atoms with Crippen molar-refractivity contribution < 1.29 is 38.4 Å². The number of carbonyl (C=O) groups is 3. The Labute approximate surface area is 155 Å². The van der Waals surface area contributed by atoms with E-state index in [4.69, 9.17) is 14.2 Å². The summed E-state index contributed by atoms with van der Waals surface area (Å²) in [6, 6.07) is 0. The van der Waals surface area contributed by atoms with Gasteiger partial charge in [-0.1, -0.05) is 6.58 Å². The normalized spacial score (nSPS) is 34.0. The van der Waals surface area contributed by atoms with E-state index in [1.807, 2.05) is 0 Å². The maximum Gasteiger partial charge on any atom is 0.372 e. The first-order valence-electron chi connectivity index (χ1n) is 8.31. The summed E-state index contributed by atoms with van der Waals surface area (Å²) in [7, 11) is 1.18. The van der Waals surface area contributed by atoms with Gasteiger partial charge < -0.3 is 24.1 Å². The predicted octanol–water partition coefficient (Wildman–Crippen LogP) is 0.720. The van der Waals surface area contributed by atoms with Crippen LogP contribution in [0.2, 0.25) is 0 Å². The minimum absolute atomic E-state index is 0.0678. The van der Waals surface area contributed by atoms with Crippen molar-refractivity contribution in [3.05, 3.63) is 48.0 Å². The lowest BCUT2D eigenvalue weighted by molar-refractivity contribution is -0.146. The van der Waals surface area contributed by atoms with E-state index in [0.29, 0.717) is 0 Å². The fraction of sp³-hybridized carbons (Fsp3) is 0.421. The second kappa shape index (κ2) is 6.70. The van der Waals surface area contributed by atoms with Gasteiger partial charge in [0.05, 0.1) is 19.6 Å². The average molecular weight is 376 g/mol. The van der Waals surface area contributed by atoms with Crippen molar-refractivity contribution in [2.75, 3.05) is 13.7 Å². The van der Waals surface area contributed by atoms with Crippen LogP contribution in [0.1, 0.15) is 13.3 Å². The summed E-state index contributed by atoms with van der Waals surface area (Å²) in [4.78, 5) is 36.2. The Morgan fingerprint density at radius 3 is 2.78 bits per heavy atom. The van der Waals surface area contributed by atoms with Crippen molar-refractivity contribution in [3.63, 3.8) is 0 Å². The summed E-state index contributed by atoms with van der Waals surface area (Å²) < 4.78 is 21.4. The molecule has 4 atom stereocenters. The molecule has 0 aromatic heterocycles. The van der Waals surface area contributed by atoms with Crippen LogP contribution in [0.15, 0.2) is 48.0 Å². The van der Waals surface area contributed by atoms with Gasteiger partial charge in [-0.3, -0.25) is 4.79 Å². The van der Waals surface area contributed by atoms with Crippen molar-refractivity contribution >= 4 is 17.7 Å². The predicted molar refractivity (Wildman–Crippen MR) is 90.9 cm³/mol. The van der Waals surface area contributed by atoms with E-state index >= 15 is 0 Å². The third-order valence-corrected chi connectivity index (χ3v) is 4.93. The molecule has 8 heteroatoms. The molecule has 3 rings (SSSR count). The molecule has 3 aliphatic rings. The summed E-state index contributed by atoms with van der Waals surface area (Å²) in [5, 5.41) is 9.76. The zero-order chi connectivity index (χ0) is 19.9. The van der Waals surface area contributed by atoms with Gasteiger partial charge in [-0.2, -0.15) is 0 Å². The van der Waals surface area contributed by atoms with Crippen LogP contribution < -0.4 is 0 Å². The molecular weight excluding hydrogens is 356 g/mol. The standard InChI is InChI=1S/C19H20O8/c1-9-16-13(25-10(2)18(23)24-4)5-11(8-20)12-6-15(21)19(3,27-12)7-14(16)26-17(9)22/h5-6,13-14,16,20H,1-2,7-8H2,3-4H3/b11-5-/t13-,14-,16-,19+/m0/s1. The molecule has 1 N–H and O–H groups in total. The molecule has 0 spiro atoms. The van der Waals surface area contributed by atoms with Gasteiger partial charge in [0.25, 0.3) is 0 Å². The zero-order valence-corrected chi connectivity index (χ0v) is 15.0. The van der Waals surface area contributed by atoms with Crippen molar-refractivity contribution in [1.82, 2.24) is 0 Å². The molecule has 27 heavy (non-hydrogen) atoms. The van der Waals surface area contributed by atoms with Gasteiger partial charge in [0.2, 0.25) is 5.78 Å². The van der Waals surface area contributed by atoms with E-state index in [1.165, 1.54) is 19.3 Å². The number of esters is 2. The van der Waals surface area contributed by atoms with Gasteiger partial charge in [0.1, 0.15) is 18.0 Å². The number of methoxy groups -OCH3 is 1. The van der Waals surface area contributed by atoms with Crippen LogP contribution in [-0.2, 0) is 33.3 Å². The van der Waals surface area contributed by atoms with E-state index in [0.717, 1.165) is 0 Å². The maximum absolute atomic E-state index is 12.4. The largest absolute Gasteiger partial charge is 0.479 e. The lowest BCUT2D eigenvalue weighted by Crippen LogP contribution is -2.40. The molecular formula is C19H20O8. The molecule has 0 radical (unpaired) electrons. The molecule has 3 aliphatic heterocycles. The summed E-state index contributed by atoms with van der Waals surface area (Å²) in [6.45, 7) is 8.45. The Balaban J connectivity index is 2.08. The van der Waals surface area contributed by atoms with E-state index in [2.05, 4.69) is 17.9 Å². The van der Waals surface area contributed by atoms with Gasteiger partial charge in [-0.15, -0.1) is 0 Å². The summed E-state index contributed by atoms with van der Waals surface area (Å²) in [5.41, 5.74) is -0.826. The van der Waals surface area contributed by atoms with Crippen LogP contribution in [-0.4, -0.2) is 54.4 Å². The van der Waals surface area contributed by atoms with E-state index in [-0.39, 0.29) is 34.9 Å². The number of aliphatic hydroxyl groups is 1. The SMILES string of the molecule is C=C(O[C@H]1/C=C(/CO)C2=CC(=O)[C@@](C)(C[C@@H]3OC(=O)C(=C)[C@@H]13)O2)C(=O)OC. The van der Waals surface area contributed by atoms with Gasteiger partial charge in [0.15, 0.2) is 11.4 Å². The minimum Gasteiger partial charge on any atom is -0.479 e. The van der Waals surface area contributed by atoms with Crippen molar-refractivity contribution in [2.45, 2.75) is 31.2 Å². The molecule has 0 aliphatic carbocycles. The number of ether oxygens (including phenoxy) is 4. The molecule has 0 aromatic rings. The van der Waals surface area contributed by atoms with E-state index in [9.17, 15) is 19.5 Å². The van der Waals surface area contributed by atoms with Crippen molar-refractivity contribution in [2.24, 2.45) is 5.92 Å².